The molecule has 10 heteroatoms. The first kappa shape index (κ1) is 18.6. The van der Waals surface area contributed by atoms with Crippen LogP contribution in [0.1, 0.15) is 6.42 Å². The number of nitrogen functional groups attached to an aromatic ring is 1. The third kappa shape index (κ3) is 4.32. The van der Waals surface area contributed by atoms with Gasteiger partial charge in [0.15, 0.2) is 5.01 Å². The van der Waals surface area contributed by atoms with Crippen molar-refractivity contribution in [3.8, 4) is 21.5 Å². The second-order valence-corrected chi connectivity index (χ2v) is 7.49. The van der Waals surface area contributed by atoms with Crippen molar-refractivity contribution in [3.05, 3.63) is 24.3 Å². The van der Waals surface area contributed by atoms with Crippen LogP contribution in [0.5, 0.6) is 5.75 Å². The molecule has 2 aromatic heterocycles. The van der Waals surface area contributed by atoms with E-state index in [2.05, 4.69) is 39.3 Å². The van der Waals surface area contributed by atoms with Crippen molar-refractivity contribution >= 4 is 29.0 Å². The molecule has 3 aromatic rings. The molecule has 2 N–H and O–H groups in total. The maximum Gasteiger partial charge on any atom is 0.236 e. The van der Waals surface area contributed by atoms with Crippen LogP contribution in [0.15, 0.2) is 29.4 Å². The SMILES string of the molecule is CSc1nc(N)n(-c2nnc(-c3ccccc3OCCCN(C)C)s2)n1. The summed E-state index contributed by atoms with van der Waals surface area (Å²) in [6, 6.07) is 7.83. The zero-order chi connectivity index (χ0) is 18.5. The van der Waals surface area contributed by atoms with Crippen LogP contribution in [0.3, 0.4) is 0 Å². The molecule has 0 aliphatic carbocycles. The minimum absolute atomic E-state index is 0.297. The number of anilines is 1. The number of benzene rings is 1. The van der Waals surface area contributed by atoms with Gasteiger partial charge >= 0.3 is 0 Å². The molecule has 1 aromatic carbocycles. The van der Waals surface area contributed by atoms with Crippen LogP contribution in [0.25, 0.3) is 15.7 Å². The number of thioether (sulfide) groups is 1. The first-order valence-corrected chi connectivity index (χ1v) is 10.1. The monoisotopic (exact) mass is 391 g/mol. The largest absolute Gasteiger partial charge is 0.493 e. The highest BCUT2D eigenvalue weighted by Gasteiger charge is 2.16. The summed E-state index contributed by atoms with van der Waals surface area (Å²) in [5.74, 6) is 1.09. The molecule has 0 radical (unpaired) electrons. The Morgan fingerprint density at radius 2 is 2.08 bits per heavy atom. The van der Waals surface area contributed by atoms with Crippen molar-refractivity contribution < 1.29 is 4.74 Å². The van der Waals surface area contributed by atoms with E-state index < -0.39 is 0 Å². The van der Waals surface area contributed by atoms with Crippen molar-refractivity contribution in [2.75, 3.05) is 39.2 Å². The van der Waals surface area contributed by atoms with Crippen molar-refractivity contribution in [2.45, 2.75) is 11.6 Å². The quantitative estimate of drug-likeness (QED) is 0.462. The second kappa shape index (κ2) is 8.47. The summed E-state index contributed by atoms with van der Waals surface area (Å²) in [4.78, 5) is 6.31. The van der Waals surface area contributed by atoms with Crippen LogP contribution in [0.4, 0.5) is 5.95 Å². The Kier molecular flexibility index (Phi) is 6.07. The van der Waals surface area contributed by atoms with Crippen LogP contribution in [0.2, 0.25) is 0 Å². The zero-order valence-electron chi connectivity index (χ0n) is 14.9. The van der Waals surface area contributed by atoms with E-state index in [1.807, 2.05) is 30.5 Å². The van der Waals surface area contributed by atoms with E-state index in [0.717, 1.165) is 29.3 Å². The van der Waals surface area contributed by atoms with Crippen LogP contribution in [0, 0.1) is 0 Å². The maximum absolute atomic E-state index is 5.95. The lowest BCUT2D eigenvalue weighted by Crippen LogP contribution is -2.15. The molecule has 0 fully saturated rings. The Morgan fingerprint density at radius 3 is 2.81 bits per heavy atom. The van der Waals surface area contributed by atoms with Gasteiger partial charge in [-0.1, -0.05) is 35.2 Å². The van der Waals surface area contributed by atoms with E-state index >= 15 is 0 Å². The molecule has 8 nitrogen and oxygen atoms in total. The maximum atomic E-state index is 5.95. The number of rotatable bonds is 8. The summed E-state index contributed by atoms with van der Waals surface area (Å²) in [6.45, 7) is 1.63. The van der Waals surface area contributed by atoms with E-state index in [9.17, 15) is 0 Å². The summed E-state index contributed by atoms with van der Waals surface area (Å²) in [5.41, 5.74) is 6.83. The number of hydrogen-bond donors (Lipinski definition) is 1. The van der Waals surface area contributed by atoms with E-state index in [4.69, 9.17) is 10.5 Å². The minimum Gasteiger partial charge on any atom is -0.493 e. The number of hydrogen-bond acceptors (Lipinski definition) is 9. The second-order valence-electron chi connectivity index (χ2n) is 5.76. The van der Waals surface area contributed by atoms with E-state index in [-0.39, 0.29) is 0 Å². The van der Waals surface area contributed by atoms with Gasteiger partial charge in [0.2, 0.25) is 16.2 Å². The van der Waals surface area contributed by atoms with E-state index in [1.54, 1.807) is 0 Å². The molecular formula is C16H21N7OS2. The lowest BCUT2D eigenvalue weighted by atomic mass is 10.2. The minimum atomic E-state index is 0.297. The van der Waals surface area contributed by atoms with Gasteiger partial charge in [-0.25, -0.2) is 0 Å². The van der Waals surface area contributed by atoms with Crippen LogP contribution >= 0.6 is 23.1 Å². The Bertz CT molecular complexity index is 862. The topological polar surface area (TPSA) is 95.0 Å². The summed E-state index contributed by atoms with van der Waals surface area (Å²) < 4.78 is 7.46. The molecular weight excluding hydrogens is 370 g/mol. The van der Waals surface area contributed by atoms with Gasteiger partial charge in [-0.3, -0.25) is 0 Å². The molecule has 0 saturated carbocycles. The lowest BCUT2D eigenvalue weighted by Gasteiger charge is -2.12. The average molecular weight is 392 g/mol. The number of ether oxygens (including phenoxy) is 1. The normalized spacial score (nSPS) is 11.2. The van der Waals surface area contributed by atoms with Crippen LogP contribution < -0.4 is 10.5 Å². The predicted molar refractivity (Wildman–Crippen MR) is 105 cm³/mol. The fraction of sp³-hybridized carbons (Fsp3) is 0.375. The first-order valence-electron chi connectivity index (χ1n) is 8.06. The van der Waals surface area contributed by atoms with Crippen molar-refractivity contribution in [1.29, 1.82) is 0 Å². The highest BCUT2D eigenvalue weighted by molar-refractivity contribution is 7.98. The van der Waals surface area contributed by atoms with Crippen molar-refractivity contribution in [1.82, 2.24) is 29.9 Å². The fourth-order valence-electron chi connectivity index (χ4n) is 2.27. The first-order chi connectivity index (χ1) is 12.6. The standard InChI is InChI=1S/C16H21N7OS2/c1-22(2)9-6-10-24-12-8-5-4-7-11(12)13-19-20-16(26-13)23-14(17)18-15(21-23)25-3/h4-5,7-8H,6,9-10H2,1-3H3,(H2,17,18,21). The molecule has 0 saturated heterocycles. The molecule has 138 valence electrons. The van der Waals surface area contributed by atoms with Gasteiger partial charge in [-0.15, -0.1) is 15.3 Å². The number of aromatic nitrogens is 5. The van der Waals surface area contributed by atoms with Gasteiger partial charge in [0, 0.05) is 6.54 Å². The van der Waals surface area contributed by atoms with Gasteiger partial charge in [-0.2, -0.15) is 9.67 Å². The van der Waals surface area contributed by atoms with Gasteiger partial charge in [0.1, 0.15) is 5.75 Å². The summed E-state index contributed by atoms with van der Waals surface area (Å²) >= 11 is 2.82. The lowest BCUT2D eigenvalue weighted by molar-refractivity contribution is 0.282. The molecule has 0 aliphatic heterocycles. The van der Waals surface area contributed by atoms with Crippen molar-refractivity contribution in [2.24, 2.45) is 0 Å². The zero-order valence-corrected chi connectivity index (χ0v) is 16.5. The number of nitrogens with zero attached hydrogens (tertiary/aromatic N) is 6. The van der Waals surface area contributed by atoms with Gasteiger partial charge in [0.05, 0.1) is 12.2 Å². The summed E-state index contributed by atoms with van der Waals surface area (Å²) in [6.07, 6.45) is 2.85. The molecule has 0 aliphatic rings. The summed E-state index contributed by atoms with van der Waals surface area (Å²) in [7, 11) is 4.10. The number of para-hydroxylation sites is 1. The molecule has 0 spiro atoms. The molecule has 26 heavy (non-hydrogen) atoms. The van der Waals surface area contributed by atoms with E-state index in [1.165, 1.54) is 27.8 Å². The molecule has 0 atom stereocenters. The Balaban J connectivity index is 1.79. The Hall–Kier alpha value is -2.17. The highest BCUT2D eigenvalue weighted by atomic mass is 32.2. The van der Waals surface area contributed by atoms with Crippen LogP contribution in [-0.2, 0) is 0 Å². The fourth-order valence-corrected chi connectivity index (χ4v) is 3.46. The molecule has 0 unspecified atom stereocenters. The summed E-state index contributed by atoms with van der Waals surface area (Å²) in [5, 5.41) is 14.7. The Labute approximate surface area is 160 Å². The molecule has 0 bridgehead atoms. The molecule has 3 rings (SSSR count). The smallest absolute Gasteiger partial charge is 0.236 e. The van der Waals surface area contributed by atoms with Gasteiger partial charge < -0.3 is 15.4 Å². The third-order valence-corrected chi connectivity index (χ3v) is 4.99. The van der Waals surface area contributed by atoms with Gasteiger partial charge in [-0.05, 0) is 38.9 Å². The van der Waals surface area contributed by atoms with Gasteiger partial charge in [0.25, 0.3) is 0 Å². The molecule has 0 amide bonds. The average Bonchev–Trinajstić information content (AvgIpc) is 3.25. The predicted octanol–water partition coefficient (Wildman–Crippen LogP) is 2.42. The van der Waals surface area contributed by atoms with Crippen molar-refractivity contribution in [3.63, 3.8) is 0 Å². The Morgan fingerprint density at radius 1 is 1.27 bits per heavy atom. The third-order valence-electron chi connectivity index (χ3n) is 3.52. The van der Waals surface area contributed by atoms with Crippen LogP contribution in [-0.4, -0.2) is 63.4 Å². The highest BCUT2D eigenvalue weighted by Crippen LogP contribution is 2.33. The van der Waals surface area contributed by atoms with E-state index in [0.29, 0.717) is 22.8 Å². The number of nitrogens with two attached hydrogens (primary N) is 1. The molecule has 2 heterocycles.